The molecule has 0 radical (unpaired) electrons. The third-order valence-electron chi connectivity index (χ3n) is 2.86. The lowest BCUT2D eigenvalue weighted by Gasteiger charge is -2.25. The molecule has 0 aliphatic heterocycles. The van der Waals surface area contributed by atoms with Gasteiger partial charge in [-0.3, -0.25) is 4.68 Å². The fourth-order valence-corrected chi connectivity index (χ4v) is 1.80. The maximum Gasteiger partial charge on any atom is 0.0773 e. The summed E-state index contributed by atoms with van der Waals surface area (Å²) in [7, 11) is 1.91. The Kier molecular flexibility index (Phi) is 4.29. The van der Waals surface area contributed by atoms with E-state index in [1.807, 2.05) is 17.8 Å². The highest BCUT2D eigenvalue weighted by Crippen LogP contribution is 2.18. The Morgan fingerprint density at radius 1 is 1.53 bits per heavy atom. The highest BCUT2D eigenvalue weighted by Gasteiger charge is 2.23. The largest absolute Gasteiger partial charge is 0.389 e. The van der Waals surface area contributed by atoms with E-state index in [1.165, 1.54) is 0 Å². The van der Waals surface area contributed by atoms with Crippen molar-refractivity contribution in [3.8, 4) is 0 Å². The van der Waals surface area contributed by atoms with E-state index < -0.39 is 5.60 Å². The molecule has 4 heteroatoms. The van der Waals surface area contributed by atoms with Crippen LogP contribution < -0.4 is 5.73 Å². The quantitative estimate of drug-likeness (QED) is 0.733. The monoisotopic (exact) mass is 211 g/mol. The molecule has 15 heavy (non-hydrogen) atoms. The molecular formula is C11H21N3O. The fourth-order valence-electron chi connectivity index (χ4n) is 1.80. The summed E-state index contributed by atoms with van der Waals surface area (Å²) in [5.74, 6) is 0. The Morgan fingerprint density at radius 2 is 2.27 bits per heavy atom. The summed E-state index contributed by atoms with van der Waals surface area (Å²) in [5, 5.41) is 14.2. The maximum atomic E-state index is 10.2. The molecule has 0 aliphatic carbocycles. The van der Waals surface area contributed by atoms with Crippen molar-refractivity contribution >= 4 is 0 Å². The number of aryl methyl sites for hydroxylation is 2. The van der Waals surface area contributed by atoms with E-state index in [1.54, 1.807) is 6.20 Å². The lowest BCUT2D eigenvalue weighted by molar-refractivity contribution is 0.0307. The standard InChI is InChI=1S/C11H21N3O/c1-3-6-11(15,9-12)7-4-10-5-8-13-14(10)2/h5,8,15H,3-4,6-7,9,12H2,1-2H3. The molecule has 0 aromatic carbocycles. The molecule has 1 aromatic heterocycles. The molecule has 0 saturated carbocycles. The minimum Gasteiger partial charge on any atom is -0.389 e. The zero-order chi connectivity index (χ0) is 11.3. The van der Waals surface area contributed by atoms with Crippen molar-refractivity contribution in [1.29, 1.82) is 0 Å². The van der Waals surface area contributed by atoms with Gasteiger partial charge in [-0.2, -0.15) is 5.10 Å². The van der Waals surface area contributed by atoms with Crippen molar-refractivity contribution in [2.45, 2.75) is 38.2 Å². The Bertz CT molecular complexity index is 298. The van der Waals surface area contributed by atoms with Gasteiger partial charge in [0.25, 0.3) is 0 Å². The van der Waals surface area contributed by atoms with Crippen molar-refractivity contribution in [2.24, 2.45) is 12.8 Å². The van der Waals surface area contributed by atoms with Gasteiger partial charge in [0.1, 0.15) is 0 Å². The van der Waals surface area contributed by atoms with Gasteiger partial charge in [0.05, 0.1) is 5.60 Å². The molecule has 0 aliphatic rings. The molecule has 3 N–H and O–H groups in total. The van der Waals surface area contributed by atoms with Crippen LogP contribution in [0.3, 0.4) is 0 Å². The predicted molar refractivity (Wildman–Crippen MR) is 60.4 cm³/mol. The van der Waals surface area contributed by atoms with Crippen molar-refractivity contribution in [3.05, 3.63) is 18.0 Å². The van der Waals surface area contributed by atoms with E-state index in [4.69, 9.17) is 5.73 Å². The van der Waals surface area contributed by atoms with Crippen LogP contribution in [-0.4, -0.2) is 27.0 Å². The van der Waals surface area contributed by atoms with Crippen LogP contribution in [0.1, 0.15) is 31.9 Å². The summed E-state index contributed by atoms with van der Waals surface area (Å²) in [6, 6.07) is 1.98. The van der Waals surface area contributed by atoms with Crippen molar-refractivity contribution < 1.29 is 5.11 Å². The Hall–Kier alpha value is -0.870. The molecule has 1 atom stereocenters. The predicted octanol–water partition coefficient (Wildman–Crippen LogP) is 0.843. The highest BCUT2D eigenvalue weighted by atomic mass is 16.3. The summed E-state index contributed by atoms with van der Waals surface area (Å²) < 4.78 is 1.84. The molecule has 1 heterocycles. The third kappa shape index (κ3) is 3.32. The first kappa shape index (κ1) is 12.2. The Labute approximate surface area is 91.1 Å². The van der Waals surface area contributed by atoms with Crippen LogP contribution >= 0.6 is 0 Å². The Balaban J connectivity index is 2.51. The van der Waals surface area contributed by atoms with Gasteiger partial charge in [-0.25, -0.2) is 0 Å². The van der Waals surface area contributed by atoms with Crippen molar-refractivity contribution in [2.75, 3.05) is 6.54 Å². The van der Waals surface area contributed by atoms with E-state index in [9.17, 15) is 5.11 Å². The van der Waals surface area contributed by atoms with Gasteiger partial charge >= 0.3 is 0 Å². The number of rotatable bonds is 6. The third-order valence-corrected chi connectivity index (χ3v) is 2.86. The normalized spacial score (nSPS) is 15.2. The summed E-state index contributed by atoms with van der Waals surface area (Å²) in [5.41, 5.74) is 6.03. The number of aliphatic hydroxyl groups is 1. The van der Waals surface area contributed by atoms with E-state index in [0.29, 0.717) is 13.0 Å². The topological polar surface area (TPSA) is 64.1 Å². The van der Waals surface area contributed by atoms with Crippen molar-refractivity contribution in [1.82, 2.24) is 9.78 Å². The van der Waals surface area contributed by atoms with E-state index in [-0.39, 0.29) is 0 Å². The number of hydrogen-bond donors (Lipinski definition) is 2. The fraction of sp³-hybridized carbons (Fsp3) is 0.727. The molecule has 0 amide bonds. The minimum absolute atomic E-state index is 0.332. The molecule has 1 rings (SSSR count). The summed E-state index contributed by atoms with van der Waals surface area (Å²) >= 11 is 0. The van der Waals surface area contributed by atoms with E-state index in [0.717, 1.165) is 25.0 Å². The van der Waals surface area contributed by atoms with Gasteiger partial charge < -0.3 is 10.8 Å². The van der Waals surface area contributed by atoms with Gasteiger partial charge in [0.15, 0.2) is 0 Å². The molecule has 86 valence electrons. The van der Waals surface area contributed by atoms with Crippen LogP contribution in [0.4, 0.5) is 0 Å². The molecular weight excluding hydrogens is 190 g/mol. The van der Waals surface area contributed by atoms with Gasteiger partial charge in [-0.1, -0.05) is 13.3 Å². The zero-order valence-corrected chi connectivity index (χ0v) is 9.61. The van der Waals surface area contributed by atoms with Gasteiger partial charge in [-0.05, 0) is 25.3 Å². The number of nitrogens with zero attached hydrogens (tertiary/aromatic N) is 2. The molecule has 0 bridgehead atoms. The van der Waals surface area contributed by atoms with Gasteiger partial charge in [-0.15, -0.1) is 0 Å². The second-order valence-corrected chi connectivity index (χ2v) is 4.12. The van der Waals surface area contributed by atoms with Crippen LogP contribution in [0.5, 0.6) is 0 Å². The first-order valence-electron chi connectivity index (χ1n) is 5.50. The number of aromatic nitrogens is 2. The molecule has 1 aromatic rings. The minimum atomic E-state index is -0.709. The lowest BCUT2D eigenvalue weighted by Crippen LogP contribution is -2.38. The number of nitrogens with two attached hydrogens (primary N) is 1. The van der Waals surface area contributed by atoms with Crippen LogP contribution in [0, 0.1) is 0 Å². The van der Waals surface area contributed by atoms with Crippen LogP contribution in [0.2, 0.25) is 0 Å². The average molecular weight is 211 g/mol. The zero-order valence-electron chi connectivity index (χ0n) is 9.61. The molecule has 0 fully saturated rings. The maximum absolute atomic E-state index is 10.2. The first-order chi connectivity index (χ1) is 7.11. The molecule has 0 spiro atoms. The second kappa shape index (κ2) is 5.28. The van der Waals surface area contributed by atoms with Crippen LogP contribution in [0.15, 0.2) is 12.3 Å². The summed E-state index contributed by atoms with van der Waals surface area (Å²) in [6.45, 7) is 2.39. The van der Waals surface area contributed by atoms with Gasteiger partial charge in [0, 0.05) is 25.5 Å². The van der Waals surface area contributed by atoms with Crippen molar-refractivity contribution in [3.63, 3.8) is 0 Å². The highest BCUT2D eigenvalue weighted by molar-refractivity contribution is 5.01. The first-order valence-corrected chi connectivity index (χ1v) is 5.50. The second-order valence-electron chi connectivity index (χ2n) is 4.12. The SMILES string of the molecule is CCCC(O)(CN)CCc1ccnn1C. The van der Waals surface area contributed by atoms with E-state index in [2.05, 4.69) is 12.0 Å². The van der Waals surface area contributed by atoms with Crippen LogP contribution in [0.25, 0.3) is 0 Å². The average Bonchev–Trinajstić information content (AvgIpc) is 2.62. The van der Waals surface area contributed by atoms with Crippen LogP contribution in [-0.2, 0) is 13.5 Å². The molecule has 4 nitrogen and oxygen atoms in total. The van der Waals surface area contributed by atoms with Gasteiger partial charge in [0.2, 0.25) is 0 Å². The Morgan fingerprint density at radius 3 is 2.73 bits per heavy atom. The molecule has 0 saturated heterocycles. The van der Waals surface area contributed by atoms with E-state index >= 15 is 0 Å². The molecule has 1 unspecified atom stereocenters. The smallest absolute Gasteiger partial charge is 0.0773 e. The lowest BCUT2D eigenvalue weighted by atomic mass is 9.92. The number of hydrogen-bond acceptors (Lipinski definition) is 3. The summed E-state index contributed by atoms with van der Waals surface area (Å²) in [4.78, 5) is 0. The summed E-state index contributed by atoms with van der Waals surface area (Å²) in [6.07, 6.45) is 5.03.